The fourth-order valence-electron chi connectivity index (χ4n) is 2.72. The van der Waals surface area contributed by atoms with E-state index in [1.807, 2.05) is 0 Å². The molecule has 1 rings (SSSR count). The van der Waals surface area contributed by atoms with Gasteiger partial charge in [-0.3, -0.25) is 14.4 Å². The van der Waals surface area contributed by atoms with Crippen molar-refractivity contribution in [2.75, 3.05) is 0 Å². The lowest BCUT2D eigenvalue weighted by molar-refractivity contribution is -0.137. The van der Waals surface area contributed by atoms with Crippen molar-refractivity contribution in [1.82, 2.24) is 0 Å². The molecule has 0 aromatic carbocycles. The number of hydrogen-bond donors (Lipinski definition) is 1. The van der Waals surface area contributed by atoms with Gasteiger partial charge in [-0.25, -0.2) is 0 Å². The molecule has 5 heteroatoms. The number of epoxide rings is 1. The topological polar surface area (TPSA) is 84.0 Å². The molecule has 5 nitrogen and oxygen atoms in total. The third-order valence-electron chi connectivity index (χ3n) is 4.22. The highest BCUT2D eigenvalue weighted by atomic mass is 16.6. The first-order chi connectivity index (χ1) is 11.1. The fraction of sp³-hybridized carbons (Fsp3) is 0.833. The van der Waals surface area contributed by atoms with Crippen molar-refractivity contribution in [3.8, 4) is 0 Å². The normalized spacial score (nSPS) is 19.5. The molecule has 0 bridgehead atoms. The Morgan fingerprint density at radius 2 is 1.17 bits per heavy atom. The highest BCUT2D eigenvalue weighted by molar-refractivity contribution is 5.96. The van der Waals surface area contributed by atoms with Crippen LogP contribution in [-0.4, -0.2) is 34.9 Å². The summed E-state index contributed by atoms with van der Waals surface area (Å²) in [5, 5.41) is 8.52. The highest BCUT2D eigenvalue weighted by Crippen LogP contribution is 2.27. The largest absolute Gasteiger partial charge is 0.481 e. The molecule has 0 saturated carbocycles. The Bertz CT molecular complexity index is 391. The van der Waals surface area contributed by atoms with Gasteiger partial charge >= 0.3 is 5.97 Å². The fourth-order valence-corrected chi connectivity index (χ4v) is 2.72. The minimum atomic E-state index is -0.753. The molecule has 1 fully saturated rings. The molecule has 2 atom stereocenters. The van der Waals surface area contributed by atoms with Gasteiger partial charge in [0.1, 0.15) is 12.2 Å². The lowest BCUT2D eigenvalue weighted by Crippen LogP contribution is -2.16. The molecule has 0 amide bonds. The minimum absolute atomic E-state index is 0.0439. The molecule has 1 saturated heterocycles. The third kappa shape index (κ3) is 8.84. The first-order valence-electron chi connectivity index (χ1n) is 8.99. The maximum Gasteiger partial charge on any atom is 0.303 e. The lowest BCUT2D eigenvalue weighted by atomic mass is 10.0. The van der Waals surface area contributed by atoms with E-state index in [1.165, 1.54) is 0 Å². The average molecular weight is 326 g/mol. The van der Waals surface area contributed by atoms with E-state index in [0.29, 0.717) is 19.3 Å². The van der Waals surface area contributed by atoms with Gasteiger partial charge in [0.05, 0.1) is 0 Å². The van der Waals surface area contributed by atoms with E-state index < -0.39 is 18.2 Å². The Morgan fingerprint density at radius 3 is 1.65 bits per heavy atom. The molecule has 0 aromatic rings. The van der Waals surface area contributed by atoms with Crippen LogP contribution in [0.4, 0.5) is 0 Å². The van der Waals surface area contributed by atoms with Crippen LogP contribution in [0.3, 0.4) is 0 Å². The van der Waals surface area contributed by atoms with E-state index in [1.54, 1.807) is 0 Å². The number of rotatable bonds is 15. The number of unbranched alkanes of at least 4 members (excludes halogenated alkanes) is 7. The van der Waals surface area contributed by atoms with Crippen molar-refractivity contribution in [3.05, 3.63) is 0 Å². The number of hydrogen-bond acceptors (Lipinski definition) is 4. The molecule has 0 radical (unpaired) electrons. The molecular weight excluding hydrogens is 296 g/mol. The summed E-state index contributed by atoms with van der Waals surface area (Å²) >= 11 is 0. The maximum absolute atomic E-state index is 11.9. The monoisotopic (exact) mass is 326 g/mol. The van der Waals surface area contributed by atoms with E-state index in [9.17, 15) is 14.4 Å². The van der Waals surface area contributed by atoms with Gasteiger partial charge in [-0.05, 0) is 19.3 Å². The number of ketones is 2. The summed E-state index contributed by atoms with van der Waals surface area (Å²) in [6.07, 6.45) is 8.75. The second-order valence-electron chi connectivity index (χ2n) is 6.38. The Kier molecular flexibility index (Phi) is 9.76. The Morgan fingerprint density at radius 1 is 0.739 bits per heavy atom. The Labute approximate surface area is 138 Å². The van der Waals surface area contributed by atoms with Gasteiger partial charge < -0.3 is 9.84 Å². The first kappa shape index (κ1) is 19.8. The van der Waals surface area contributed by atoms with Crippen molar-refractivity contribution in [2.45, 2.75) is 96.2 Å². The number of carboxylic acids is 1. The van der Waals surface area contributed by atoms with Crippen LogP contribution in [-0.2, 0) is 19.1 Å². The molecule has 1 aliphatic heterocycles. The summed E-state index contributed by atoms with van der Waals surface area (Å²) in [4.78, 5) is 34.1. The summed E-state index contributed by atoms with van der Waals surface area (Å²) < 4.78 is 5.26. The predicted molar refractivity (Wildman–Crippen MR) is 87.4 cm³/mol. The van der Waals surface area contributed by atoms with Gasteiger partial charge in [0.15, 0.2) is 11.6 Å². The number of carboxylic acid groups (broad SMARTS) is 1. The Balaban J connectivity index is 2.00. The zero-order valence-electron chi connectivity index (χ0n) is 14.2. The van der Waals surface area contributed by atoms with Gasteiger partial charge in [-0.2, -0.15) is 0 Å². The summed E-state index contributed by atoms with van der Waals surface area (Å²) in [5.74, 6) is -0.632. The van der Waals surface area contributed by atoms with Crippen LogP contribution in [0.5, 0.6) is 0 Å². The molecule has 1 aliphatic rings. The number of carbonyl (C=O) groups excluding carboxylic acids is 2. The van der Waals surface area contributed by atoms with Crippen molar-refractivity contribution in [1.29, 1.82) is 0 Å². The summed E-state index contributed by atoms with van der Waals surface area (Å²) in [6.45, 7) is 2.13. The molecule has 0 unspecified atom stereocenters. The zero-order chi connectivity index (χ0) is 17.1. The third-order valence-corrected chi connectivity index (χ3v) is 4.22. The molecule has 1 N–H and O–H groups in total. The van der Waals surface area contributed by atoms with Gasteiger partial charge in [0.25, 0.3) is 0 Å². The Hall–Kier alpha value is -1.23. The van der Waals surface area contributed by atoms with Crippen molar-refractivity contribution in [2.24, 2.45) is 0 Å². The molecule has 23 heavy (non-hydrogen) atoms. The zero-order valence-corrected chi connectivity index (χ0v) is 14.2. The van der Waals surface area contributed by atoms with Crippen molar-refractivity contribution in [3.63, 3.8) is 0 Å². The van der Waals surface area contributed by atoms with Gasteiger partial charge in [-0.15, -0.1) is 0 Å². The smallest absolute Gasteiger partial charge is 0.303 e. The molecular formula is C18H30O5. The molecule has 0 aliphatic carbocycles. The van der Waals surface area contributed by atoms with E-state index in [4.69, 9.17) is 9.84 Å². The highest BCUT2D eigenvalue weighted by Gasteiger charge is 2.48. The van der Waals surface area contributed by atoms with Crippen LogP contribution in [0, 0.1) is 0 Å². The second kappa shape index (κ2) is 11.3. The molecule has 1 heterocycles. The van der Waals surface area contributed by atoms with Crippen molar-refractivity contribution >= 4 is 17.5 Å². The molecule has 0 spiro atoms. The van der Waals surface area contributed by atoms with Gasteiger partial charge in [0.2, 0.25) is 0 Å². The van der Waals surface area contributed by atoms with Crippen LogP contribution in [0.2, 0.25) is 0 Å². The first-order valence-corrected chi connectivity index (χ1v) is 8.99. The predicted octanol–water partition coefficient (Wildman–Crippen LogP) is 3.68. The van der Waals surface area contributed by atoms with Crippen LogP contribution in [0.15, 0.2) is 0 Å². The minimum Gasteiger partial charge on any atom is -0.481 e. The van der Waals surface area contributed by atoms with E-state index in [0.717, 1.165) is 51.4 Å². The maximum atomic E-state index is 11.9. The van der Waals surface area contributed by atoms with Gasteiger partial charge in [-0.1, -0.05) is 45.4 Å². The van der Waals surface area contributed by atoms with Crippen LogP contribution >= 0.6 is 0 Å². The molecule has 0 aromatic heterocycles. The van der Waals surface area contributed by atoms with Crippen LogP contribution in [0.1, 0.15) is 84.0 Å². The van der Waals surface area contributed by atoms with E-state index in [-0.39, 0.29) is 18.0 Å². The SMILES string of the molecule is CCCCCCC(=O)[C@H]1O[C@H]1C(=O)CCCCCCCC(=O)O. The summed E-state index contributed by atoms with van der Waals surface area (Å²) in [5.41, 5.74) is 0. The number of ether oxygens (including phenoxy) is 1. The number of carbonyl (C=O) groups is 3. The van der Waals surface area contributed by atoms with E-state index >= 15 is 0 Å². The van der Waals surface area contributed by atoms with E-state index in [2.05, 4.69) is 6.92 Å². The van der Waals surface area contributed by atoms with Crippen molar-refractivity contribution < 1.29 is 24.2 Å². The summed E-state index contributed by atoms with van der Waals surface area (Å²) in [6, 6.07) is 0. The number of Topliss-reactive ketones (excluding diaryl/α,β-unsaturated/α-hetero) is 2. The standard InChI is InChI=1S/C18H30O5/c1-2-3-4-8-11-14(19)17-18(23-17)15(20)12-9-6-5-7-10-13-16(21)22/h17-18H,2-13H2,1H3,(H,21,22)/t17-,18+/m1/s1. The summed E-state index contributed by atoms with van der Waals surface area (Å²) in [7, 11) is 0. The quantitative estimate of drug-likeness (QED) is 0.366. The average Bonchev–Trinajstić information content (AvgIpc) is 3.30. The van der Waals surface area contributed by atoms with Crippen LogP contribution in [0.25, 0.3) is 0 Å². The van der Waals surface area contributed by atoms with Crippen LogP contribution < -0.4 is 0 Å². The molecule has 132 valence electrons. The van der Waals surface area contributed by atoms with Gasteiger partial charge in [0, 0.05) is 19.3 Å². The lowest BCUT2D eigenvalue weighted by Gasteiger charge is -2.00. The number of aliphatic carboxylic acids is 1. The second-order valence-corrected chi connectivity index (χ2v) is 6.38.